The van der Waals surface area contributed by atoms with Crippen LogP contribution in [0.3, 0.4) is 0 Å². The second kappa shape index (κ2) is 6.39. The Morgan fingerprint density at radius 3 is 2.36 bits per heavy atom. The summed E-state index contributed by atoms with van der Waals surface area (Å²) in [6.45, 7) is 2.94. The summed E-state index contributed by atoms with van der Waals surface area (Å²) in [7, 11) is 0. The number of hydrogen-bond donors (Lipinski definition) is 0. The zero-order valence-electron chi connectivity index (χ0n) is 12.2. The van der Waals surface area contributed by atoms with Crippen molar-refractivity contribution >= 4 is 17.9 Å². The number of aromatic nitrogens is 1. The van der Waals surface area contributed by atoms with Crippen LogP contribution in [0.15, 0.2) is 48.8 Å². The third kappa shape index (κ3) is 2.98. The largest absolute Gasteiger partial charge is 0.368 e. The van der Waals surface area contributed by atoms with Crippen LogP contribution in [0.1, 0.15) is 20.7 Å². The van der Waals surface area contributed by atoms with Crippen molar-refractivity contribution in [3.8, 4) is 0 Å². The minimum absolute atomic E-state index is 0.0315. The van der Waals surface area contributed by atoms with Gasteiger partial charge in [0.05, 0.1) is 5.56 Å². The first-order valence-corrected chi connectivity index (χ1v) is 7.27. The van der Waals surface area contributed by atoms with Gasteiger partial charge in [-0.15, -0.1) is 0 Å². The first-order valence-electron chi connectivity index (χ1n) is 7.27. The summed E-state index contributed by atoms with van der Waals surface area (Å²) in [6.07, 6.45) is 4.11. The Bertz CT molecular complexity index is 647. The summed E-state index contributed by atoms with van der Waals surface area (Å²) in [5.74, 6) is 0.0315. The van der Waals surface area contributed by atoms with Crippen LogP contribution in [-0.2, 0) is 0 Å². The molecule has 0 N–H and O–H groups in total. The molecule has 0 saturated carbocycles. The molecule has 1 saturated heterocycles. The predicted octanol–water partition coefficient (Wildman–Crippen LogP) is 1.86. The summed E-state index contributed by atoms with van der Waals surface area (Å²) in [4.78, 5) is 31.1. The summed E-state index contributed by atoms with van der Waals surface area (Å²) in [5.41, 5.74) is 2.39. The van der Waals surface area contributed by atoms with Crippen molar-refractivity contribution in [2.24, 2.45) is 0 Å². The number of aldehydes is 1. The molecule has 0 bridgehead atoms. The van der Waals surface area contributed by atoms with Gasteiger partial charge < -0.3 is 9.80 Å². The van der Waals surface area contributed by atoms with E-state index in [4.69, 9.17) is 0 Å². The van der Waals surface area contributed by atoms with Gasteiger partial charge in [0.2, 0.25) is 0 Å². The molecule has 1 aromatic carbocycles. The Kier molecular flexibility index (Phi) is 4.14. The molecule has 0 aliphatic carbocycles. The summed E-state index contributed by atoms with van der Waals surface area (Å²) < 4.78 is 0. The van der Waals surface area contributed by atoms with Crippen molar-refractivity contribution < 1.29 is 9.59 Å². The summed E-state index contributed by atoms with van der Waals surface area (Å²) in [6, 6.07) is 11.1. The van der Waals surface area contributed by atoms with E-state index in [2.05, 4.69) is 9.88 Å². The number of anilines is 1. The fourth-order valence-corrected chi connectivity index (χ4v) is 2.60. The maximum Gasteiger partial charge on any atom is 0.255 e. The highest BCUT2D eigenvalue weighted by molar-refractivity contribution is 5.94. The van der Waals surface area contributed by atoms with Crippen LogP contribution < -0.4 is 4.90 Å². The highest BCUT2D eigenvalue weighted by Crippen LogP contribution is 2.17. The Labute approximate surface area is 129 Å². The normalized spacial score (nSPS) is 14.7. The van der Waals surface area contributed by atoms with E-state index in [0.29, 0.717) is 24.2 Å². The lowest BCUT2D eigenvalue weighted by atomic mass is 10.2. The Morgan fingerprint density at radius 1 is 1.05 bits per heavy atom. The van der Waals surface area contributed by atoms with E-state index in [1.54, 1.807) is 24.5 Å². The lowest BCUT2D eigenvalue weighted by Crippen LogP contribution is -2.48. The van der Waals surface area contributed by atoms with E-state index < -0.39 is 0 Å². The number of amides is 1. The lowest BCUT2D eigenvalue weighted by Gasteiger charge is -2.36. The Balaban J connectivity index is 1.62. The number of nitrogens with zero attached hydrogens (tertiary/aromatic N) is 3. The number of benzene rings is 1. The Morgan fingerprint density at radius 2 is 1.77 bits per heavy atom. The van der Waals surface area contributed by atoms with Crippen molar-refractivity contribution in [2.75, 3.05) is 31.1 Å². The van der Waals surface area contributed by atoms with E-state index in [0.717, 1.165) is 25.1 Å². The number of carbonyl (C=O) groups is 2. The second-order valence-electron chi connectivity index (χ2n) is 5.23. The monoisotopic (exact) mass is 295 g/mol. The zero-order chi connectivity index (χ0) is 15.4. The quantitative estimate of drug-likeness (QED) is 0.811. The van der Waals surface area contributed by atoms with Crippen molar-refractivity contribution in [2.45, 2.75) is 0 Å². The standard InChI is InChI=1S/C17H17N3O2/c21-13-14-3-5-16(6-4-14)19-8-10-20(11-9-19)17(22)15-2-1-7-18-12-15/h1-7,12-13H,8-11H2. The van der Waals surface area contributed by atoms with Gasteiger partial charge in [-0.2, -0.15) is 0 Å². The molecule has 1 fully saturated rings. The minimum Gasteiger partial charge on any atom is -0.368 e. The van der Waals surface area contributed by atoms with Gasteiger partial charge in [0, 0.05) is 49.8 Å². The molecule has 1 aliphatic heterocycles. The minimum atomic E-state index is 0.0315. The van der Waals surface area contributed by atoms with E-state index in [-0.39, 0.29) is 5.91 Å². The predicted molar refractivity (Wildman–Crippen MR) is 84.2 cm³/mol. The molecule has 2 aromatic rings. The van der Waals surface area contributed by atoms with Crippen molar-refractivity contribution in [1.82, 2.24) is 9.88 Å². The topological polar surface area (TPSA) is 53.5 Å². The molecule has 0 atom stereocenters. The van der Waals surface area contributed by atoms with Crippen LogP contribution in [0, 0.1) is 0 Å². The Hall–Kier alpha value is -2.69. The van der Waals surface area contributed by atoms with Crippen LogP contribution in [-0.4, -0.2) is 48.3 Å². The highest BCUT2D eigenvalue weighted by Gasteiger charge is 2.22. The molecule has 22 heavy (non-hydrogen) atoms. The molecular formula is C17H17N3O2. The molecule has 0 spiro atoms. The smallest absolute Gasteiger partial charge is 0.255 e. The molecule has 1 aliphatic rings. The molecule has 1 aromatic heterocycles. The molecule has 0 unspecified atom stereocenters. The molecule has 1 amide bonds. The number of rotatable bonds is 3. The van der Waals surface area contributed by atoms with E-state index in [9.17, 15) is 9.59 Å². The van der Waals surface area contributed by atoms with Gasteiger partial charge >= 0.3 is 0 Å². The average Bonchev–Trinajstić information content (AvgIpc) is 2.62. The SMILES string of the molecule is O=Cc1ccc(N2CCN(C(=O)c3cccnc3)CC2)cc1. The van der Waals surface area contributed by atoms with Gasteiger partial charge in [-0.1, -0.05) is 0 Å². The number of pyridine rings is 1. The second-order valence-corrected chi connectivity index (χ2v) is 5.23. The third-order valence-electron chi connectivity index (χ3n) is 3.87. The van der Waals surface area contributed by atoms with Gasteiger partial charge in [-0.3, -0.25) is 14.6 Å². The fourth-order valence-electron chi connectivity index (χ4n) is 2.60. The molecule has 5 heteroatoms. The van der Waals surface area contributed by atoms with Crippen LogP contribution in [0.5, 0.6) is 0 Å². The molecule has 3 rings (SSSR count). The van der Waals surface area contributed by atoms with Crippen LogP contribution in [0.4, 0.5) is 5.69 Å². The van der Waals surface area contributed by atoms with Gasteiger partial charge in [0.15, 0.2) is 0 Å². The van der Waals surface area contributed by atoms with Gasteiger partial charge in [-0.05, 0) is 36.4 Å². The van der Waals surface area contributed by atoms with Crippen molar-refractivity contribution in [1.29, 1.82) is 0 Å². The molecule has 0 radical (unpaired) electrons. The first kappa shape index (κ1) is 14.3. The number of hydrogen-bond acceptors (Lipinski definition) is 4. The van der Waals surface area contributed by atoms with Crippen LogP contribution in [0.2, 0.25) is 0 Å². The fraction of sp³-hybridized carbons (Fsp3) is 0.235. The van der Waals surface area contributed by atoms with Crippen LogP contribution >= 0.6 is 0 Å². The average molecular weight is 295 g/mol. The maximum absolute atomic E-state index is 12.4. The molecule has 112 valence electrons. The highest BCUT2D eigenvalue weighted by atomic mass is 16.2. The first-order chi connectivity index (χ1) is 10.8. The zero-order valence-corrected chi connectivity index (χ0v) is 12.2. The third-order valence-corrected chi connectivity index (χ3v) is 3.87. The molecular weight excluding hydrogens is 278 g/mol. The number of carbonyl (C=O) groups excluding carboxylic acids is 2. The van der Waals surface area contributed by atoms with E-state index in [1.165, 1.54) is 0 Å². The van der Waals surface area contributed by atoms with Gasteiger partial charge in [0.25, 0.3) is 5.91 Å². The van der Waals surface area contributed by atoms with Crippen LogP contribution in [0.25, 0.3) is 0 Å². The summed E-state index contributed by atoms with van der Waals surface area (Å²) >= 11 is 0. The lowest BCUT2D eigenvalue weighted by molar-refractivity contribution is 0.0746. The molecule has 2 heterocycles. The van der Waals surface area contributed by atoms with E-state index in [1.807, 2.05) is 29.2 Å². The summed E-state index contributed by atoms with van der Waals surface area (Å²) in [5, 5.41) is 0. The van der Waals surface area contributed by atoms with Gasteiger partial charge in [0.1, 0.15) is 6.29 Å². The number of piperazine rings is 1. The van der Waals surface area contributed by atoms with Crippen molar-refractivity contribution in [3.63, 3.8) is 0 Å². The maximum atomic E-state index is 12.4. The van der Waals surface area contributed by atoms with Gasteiger partial charge in [-0.25, -0.2) is 0 Å². The molecule has 5 nitrogen and oxygen atoms in total. The van der Waals surface area contributed by atoms with Crippen molar-refractivity contribution in [3.05, 3.63) is 59.9 Å². The van der Waals surface area contributed by atoms with E-state index >= 15 is 0 Å².